The monoisotopic (exact) mass is 456 g/mol. The van der Waals surface area contributed by atoms with Crippen molar-refractivity contribution >= 4 is 33.0 Å². The van der Waals surface area contributed by atoms with Gasteiger partial charge in [-0.3, -0.25) is 4.98 Å². The highest BCUT2D eigenvalue weighted by Gasteiger charge is 2.14. The van der Waals surface area contributed by atoms with Crippen LogP contribution in [0.5, 0.6) is 11.5 Å². The molecule has 5 nitrogen and oxygen atoms in total. The van der Waals surface area contributed by atoms with Crippen molar-refractivity contribution in [1.82, 2.24) is 9.71 Å². The van der Waals surface area contributed by atoms with Crippen LogP contribution >= 0.6 is 22.9 Å². The van der Waals surface area contributed by atoms with E-state index in [-0.39, 0.29) is 11.4 Å². The van der Waals surface area contributed by atoms with Gasteiger partial charge < -0.3 is 4.74 Å². The zero-order valence-electron chi connectivity index (χ0n) is 15.7. The number of benzene rings is 2. The maximum Gasteiger partial charge on any atom is 0.240 e. The molecule has 0 aliphatic rings. The van der Waals surface area contributed by atoms with Crippen LogP contribution in [0.2, 0.25) is 5.02 Å². The van der Waals surface area contributed by atoms with Gasteiger partial charge in [0.25, 0.3) is 0 Å². The Balaban J connectivity index is 1.44. The van der Waals surface area contributed by atoms with Crippen LogP contribution in [0.25, 0.3) is 10.4 Å². The molecule has 4 rings (SSSR count). The van der Waals surface area contributed by atoms with E-state index in [9.17, 15) is 8.42 Å². The number of nitrogens with one attached hydrogen (secondary N) is 1. The van der Waals surface area contributed by atoms with Gasteiger partial charge in [0.2, 0.25) is 10.0 Å². The van der Waals surface area contributed by atoms with E-state index < -0.39 is 10.0 Å². The highest BCUT2D eigenvalue weighted by molar-refractivity contribution is 7.89. The Morgan fingerprint density at radius 3 is 2.53 bits per heavy atom. The standard InChI is InChI=1S/C22H17ClN2O3S2/c23-20-4-1-2-5-21(20)28-18-7-9-19(10-8-18)30(26,27)25-14-16-12-17(15-24-13-16)22-6-3-11-29-22/h1-13,15,25H,14H2. The van der Waals surface area contributed by atoms with Crippen LogP contribution in [0.3, 0.4) is 0 Å². The molecule has 2 aromatic heterocycles. The lowest BCUT2D eigenvalue weighted by molar-refractivity contribution is 0.482. The predicted octanol–water partition coefficient (Wildman–Crippen LogP) is 5.73. The van der Waals surface area contributed by atoms with Crippen LogP contribution in [-0.4, -0.2) is 13.4 Å². The van der Waals surface area contributed by atoms with E-state index in [0.29, 0.717) is 16.5 Å². The fraction of sp³-hybridized carbons (Fsp3) is 0.0455. The molecule has 8 heteroatoms. The van der Waals surface area contributed by atoms with E-state index in [1.165, 1.54) is 12.1 Å². The van der Waals surface area contributed by atoms with Crippen molar-refractivity contribution in [3.63, 3.8) is 0 Å². The first-order valence-electron chi connectivity index (χ1n) is 9.01. The number of sulfonamides is 1. The summed E-state index contributed by atoms with van der Waals surface area (Å²) in [5, 5.41) is 2.47. The second-order valence-electron chi connectivity index (χ2n) is 6.39. The molecule has 0 fully saturated rings. The second kappa shape index (κ2) is 8.97. The average Bonchev–Trinajstić information content (AvgIpc) is 3.30. The molecule has 4 aromatic rings. The number of ether oxygens (including phenoxy) is 1. The fourth-order valence-electron chi connectivity index (χ4n) is 2.76. The Bertz CT molecular complexity index is 1240. The highest BCUT2D eigenvalue weighted by Crippen LogP contribution is 2.29. The summed E-state index contributed by atoms with van der Waals surface area (Å²) in [4.78, 5) is 5.45. The lowest BCUT2D eigenvalue weighted by Crippen LogP contribution is -2.23. The third kappa shape index (κ3) is 4.88. The van der Waals surface area contributed by atoms with Crippen LogP contribution in [0.4, 0.5) is 0 Å². The lowest BCUT2D eigenvalue weighted by atomic mass is 10.2. The van der Waals surface area contributed by atoms with E-state index >= 15 is 0 Å². The van der Waals surface area contributed by atoms with Crippen molar-refractivity contribution in [1.29, 1.82) is 0 Å². The predicted molar refractivity (Wildman–Crippen MR) is 120 cm³/mol. The molecule has 2 aromatic carbocycles. The number of aromatic nitrogens is 1. The van der Waals surface area contributed by atoms with Crippen molar-refractivity contribution in [2.24, 2.45) is 0 Å². The van der Waals surface area contributed by atoms with Gasteiger partial charge in [0.1, 0.15) is 11.5 Å². The molecule has 1 N–H and O–H groups in total. The molecule has 0 unspecified atom stereocenters. The van der Waals surface area contributed by atoms with Crippen LogP contribution in [0.1, 0.15) is 5.56 Å². The van der Waals surface area contributed by atoms with Crippen molar-refractivity contribution in [3.8, 4) is 21.9 Å². The first kappa shape index (κ1) is 20.6. The van der Waals surface area contributed by atoms with Crippen LogP contribution < -0.4 is 9.46 Å². The van der Waals surface area contributed by atoms with Crippen molar-refractivity contribution in [2.45, 2.75) is 11.4 Å². The second-order valence-corrected chi connectivity index (χ2v) is 9.51. The van der Waals surface area contributed by atoms with Gasteiger partial charge in [-0.25, -0.2) is 13.1 Å². The summed E-state index contributed by atoms with van der Waals surface area (Å²) in [6.07, 6.45) is 3.42. The first-order valence-corrected chi connectivity index (χ1v) is 11.8. The molecular formula is C22H17ClN2O3S2. The Kier molecular flexibility index (Phi) is 6.15. The van der Waals surface area contributed by atoms with E-state index in [1.54, 1.807) is 48.0 Å². The largest absolute Gasteiger partial charge is 0.456 e. The molecule has 0 aliphatic heterocycles. The van der Waals surface area contributed by atoms with Gasteiger partial charge in [0.15, 0.2) is 0 Å². The summed E-state index contributed by atoms with van der Waals surface area (Å²) in [6, 6.07) is 19.2. The Hall–Kier alpha value is -2.71. The van der Waals surface area contributed by atoms with Gasteiger partial charge in [-0.2, -0.15) is 0 Å². The topological polar surface area (TPSA) is 68.3 Å². The summed E-state index contributed by atoms with van der Waals surface area (Å²) < 4.78 is 33.6. The number of para-hydroxylation sites is 1. The van der Waals surface area contributed by atoms with Crippen molar-refractivity contribution in [3.05, 3.63) is 95.1 Å². The molecule has 0 aliphatic carbocycles. The number of rotatable bonds is 7. The number of pyridine rings is 1. The third-order valence-electron chi connectivity index (χ3n) is 4.27. The molecule has 2 heterocycles. The number of hydrogen-bond donors (Lipinski definition) is 1. The summed E-state index contributed by atoms with van der Waals surface area (Å²) in [5.74, 6) is 1.00. The van der Waals surface area contributed by atoms with Crippen molar-refractivity contribution < 1.29 is 13.2 Å². The SMILES string of the molecule is O=S(=O)(NCc1cncc(-c2cccs2)c1)c1ccc(Oc2ccccc2Cl)cc1. The Morgan fingerprint density at radius 1 is 1.00 bits per heavy atom. The van der Waals surface area contributed by atoms with Crippen LogP contribution in [0.15, 0.2) is 89.4 Å². The smallest absolute Gasteiger partial charge is 0.240 e. The number of thiophene rings is 1. The minimum absolute atomic E-state index is 0.145. The molecule has 0 amide bonds. The molecule has 0 spiro atoms. The van der Waals surface area contributed by atoms with Crippen LogP contribution in [-0.2, 0) is 16.6 Å². The molecule has 152 valence electrons. The normalized spacial score (nSPS) is 11.4. The van der Waals surface area contributed by atoms with E-state index in [4.69, 9.17) is 16.3 Å². The van der Waals surface area contributed by atoms with E-state index in [1.807, 2.05) is 35.7 Å². The lowest BCUT2D eigenvalue weighted by Gasteiger charge is -2.10. The summed E-state index contributed by atoms with van der Waals surface area (Å²) >= 11 is 7.69. The van der Waals surface area contributed by atoms with Crippen LogP contribution in [0, 0.1) is 0 Å². The van der Waals surface area contributed by atoms with Gasteiger partial charge in [-0.15, -0.1) is 11.3 Å². The van der Waals surface area contributed by atoms with Gasteiger partial charge in [0.05, 0.1) is 9.92 Å². The minimum Gasteiger partial charge on any atom is -0.456 e. The van der Waals surface area contributed by atoms with E-state index in [0.717, 1.165) is 16.0 Å². The zero-order valence-corrected chi connectivity index (χ0v) is 18.0. The fourth-order valence-corrected chi connectivity index (χ4v) is 4.67. The highest BCUT2D eigenvalue weighted by atomic mass is 35.5. The average molecular weight is 457 g/mol. The molecule has 30 heavy (non-hydrogen) atoms. The zero-order chi connectivity index (χ0) is 21.0. The molecule has 0 bridgehead atoms. The van der Waals surface area contributed by atoms with Crippen molar-refractivity contribution in [2.75, 3.05) is 0 Å². The summed E-state index contributed by atoms with van der Waals surface area (Å²) in [7, 11) is -3.68. The maximum absolute atomic E-state index is 12.7. The quantitative estimate of drug-likeness (QED) is 0.385. The van der Waals surface area contributed by atoms with E-state index in [2.05, 4.69) is 9.71 Å². The molecule has 0 saturated carbocycles. The summed E-state index contributed by atoms with van der Waals surface area (Å²) in [6.45, 7) is 0.145. The molecule has 0 atom stereocenters. The number of hydrogen-bond acceptors (Lipinski definition) is 5. The minimum atomic E-state index is -3.68. The number of halogens is 1. The Morgan fingerprint density at radius 2 is 1.80 bits per heavy atom. The molecule has 0 radical (unpaired) electrons. The van der Waals surface area contributed by atoms with Gasteiger partial charge >= 0.3 is 0 Å². The maximum atomic E-state index is 12.7. The van der Waals surface area contributed by atoms with Gasteiger partial charge in [0, 0.05) is 29.4 Å². The van der Waals surface area contributed by atoms with Gasteiger partial charge in [-0.1, -0.05) is 29.8 Å². The summed E-state index contributed by atoms with van der Waals surface area (Å²) in [5.41, 5.74) is 1.74. The first-order chi connectivity index (χ1) is 14.5. The Labute approximate surface area is 184 Å². The van der Waals surface area contributed by atoms with Gasteiger partial charge in [-0.05, 0) is 59.5 Å². The molecular weight excluding hydrogens is 440 g/mol. The third-order valence-corrected chi connectivity index (χ3v) is 6.91. The molecule has 0 saturated heterocycles. The number of nitrogens with zero attached hydrogens (tertiary/aromatic N) is 1.